The summed E-state index contributed by atoms with van der Waals surface area (Å²) in [4.78, 5) is 30.1. The number of amides is 2. The summed E-state index contributed by atoms with van der Waals surface area (Å²) in [7, 11) is 0. The first-order valence-electron chi connectivity index (χ1n) is 9.73. The molecule has 3 aromatic rings. The molecule has 2 aromatic carbocycles. The highest BCUT2D eigenvalue weighted by atomic mass is 32.1. The van der Waals surface area contributed by atoms with Crippen LogP contribution < -0.4 is 0 Å². The summed E-state index contributed by atoms with van der Waals surface area (Å²) in [6.45, 7) is 2.33. The van der Waals surface area contributed by atoms with Gasteiger partial charge >= 0.3 is 0 Å². The van der Waals surface area contributed by atoms with Crippen molar-refractivity contribution in [2.24, 2.45) is 0 Å². The quantitative estimate of drug-likeness (QED) is 0.675. The molecule has 0 spiro atoms. The van der Waals surface area contributed by atoms with Gasteiger partial charge in [-0.1, -0.05) is 12.1 Å². The van der Waals surface area contributed by atoms with Crippen molar-refractivity contribution in [3.05, 3.63) is 84.2 Å². The minimum Gasteiger partial charge on any atom is -0.337 e. The van der Waals surface area contributed by atoms with E-state index in [0.717, 1.165) is 12.1 Å². The van der Waals surface area contributed by atoms with Gasteiger partial charge in [0.25, 0.3) is 11.8 Å². The predicted octanol–water partition coefficient (Wildman–Crippen LogP) is 3.75. The van der Waals surface area contributed by atoms with Gasteiger partial charge in [-0.05, 0) is 55.0 Å². The fourth-order valence-electron chi connectivity index (χ4n) is 3.61. The number of aromatic nitrogens is 1. The molecule has 0 bridgehead atoms. The Kier molecular flexibility index (Phi) is 5.71. The average molecular weight is 406 g/mol. The standard InChI is InChI=1S/C23H23N3O2S/c27-22(18-8-10-19(11-9-18)24-12-3-4-13-24)25-14-5-15-26(17-16-25)23(28)20-6-1-2-7-21(20)29/h1-4,6-13,29H,5,14-17H2. The smallest absolute Gasteiger partial charge is 0.255 e. The van der Waals surface area contributed by atoms with Gasteiger partial charge in [0.1, 0.15) is 0 Å². The zero-order valence-electron chi connectivity index (χ0n) is 16.1. The molecule has 0 aliphatic carbocycles. The lowest BCUT2D eigenvalue weighted by molar-refractivity contribution is 0.0717. The minimum absolute atomic E-state index is 0.00736. The lowest BCUT2D eigenvalue weighted by atomic mass is 10.1. The van der Waals surface area contributed by atoms with Crippen LogP contribution in [-0.4, -0.2) is 52.4 Å². The Hall–Kier alpha value is -2.99. The van der Waals surface area contributed by atoms with E-state index in [0.29, 0.717) is 42.2 Å². The second-order valence-corrected chi connectivity index (χ2v) is 7.57. The van der Waals surface area contributed by atoms with Crippen molar-refractivity contribution in [1.82, 2.24) is 14.4 Å². The lowest BCUT2D eigenvalue weighted by Crippen LogP contribution is -2.37. The molecular formula is C23H23N3O2S. The highest BCUT2D eigenvalue weighted by Crippen LogP contribution is 2.18. The van der Waals surface area contributed by atoms with E-state index >= 15 is 0 Å². The van der Waals surface area contributed by atoms with Crippen LogP contribution in [0.5, 0.6) is 0 Å². The third-order valence-corrected chi connectivity index (χ3v) is 5.61. The van der Waals surface area contributed by atoms with Crippen LogP contribution in [0.25, 0.3) is 5.69 Å². The summed E-state index contributed by atoms with van der Waals surface area (Å²) in [5.74, 6) is -0.0195. The summed E-state index contributed by atoms with van der Waals surface area (Å²) in [6.07, 6.45) is 4.70. The highest BCUT2D eigenvalue weighted by molar-refractivity contribution is 7.80. The molecule has 4 rings (SSSR count). The topological polar surface area (TPSA) is 45.6 Å². The zero-order chi connectivity index (χ0) is 20.2. The summed E-state index contributed by atoms with van der Waals surface area (Å²) < 4.78 is 2.00. The van der Waals surface area contributed by atoms with Crippen LogP contribution in [0.1, 0.15) is 27.1 Å². The SMILES string of the molecule is O=C(c1ccc(-n2cccc2)cc1)N1CCCN(C(=O)c2ccccc2S)CC1. The maximum atomic E-state index is 13.0. The number of carbonyl (C=O) groups is 2. The van der Waals surface area contributed by atoms with E-state index in [1.54, 1.807) is 6.07 Å². The molecule has 1 aliphatic heterocycles. The molecule has 2 amide bonds. The third kappa shape index (κ3) is 4.22. The first-order chi connectivity index (χ1) is 14.1. The maximum absolute atomic E-state index is 13.0. The van der Waals surface area contributed by atoms with Crippen LogP contribution in [0, 0.1) is 0 Å². The number of hydrogen-bond donors (Lipinski definition) is 1. The zero-order valence-corrected chi connectivity index (χ0v) is 17.0. The first kappa shape index (κ1) is 19.3. The van der Waals surface area contributed by atoms with Crippen LogP contribution in [0.4, 0.5) is 0 Å². The molecule has 1 aromatic heterocycles. The van der Waals surface area contributed by atoms with E-state index in [1.807, 2.05) is 81.4 Å². The molecule has 6 heteroatoms. The fraction of sp³-hybridized carbons (Fsp3) is 0.217. The highest BCUT2D eigenvalue weighted by Gasteiger charge is 2.24. The summed E-state index contributed by atoms with van der Waals surface area (Å²) >= 11 is 4.40. The molecule has 1 saturated heterocycles. The monoisotopic (exact) mass is 405 g/mol. The normalized spacial score (nSPS) is 14.5. The first-order valence-corrected chi connectivity index (χ1v) is 10.2. The van der Waals surface area contributed by atoms with Gasteiger partial charge in [0.05, 0.1) is 5.56 Å². The maximum Gasteiger partial charge on any atom is 0.255 e. The Morgan fingerprint density at radius 3 is 2.00 bits per heavy atom. The molecule has 148 valence electrons. The van der Waals surface area contributed by atoms with E-state index in [1.165, 1.54) is 0 Å². The summed E-state index contributed by atoms with van der Waals surface area (Å²) in [5, 5.41) is 0. The van der Waals surface area contributed by atoms with Crippen molar-refractivity contribution in [3.8, 4) is 5.69 Å². The van der Waals surface area contributed by atoms with Gasteiger partial charge in [0.15, 0.2) is 0 Å². The lowest BCUT2D eigenvalue weighted by Gasteiger charge is -2.23. The van der Waals surface area contributed by atoms with Gasteiger partial charge in [-0.15, -0.1) is 12.6 Å². The fourth-order valence-corrected chi connectivity index (χ4v) is 3.87. The second-order valence-electron chi connectivity index (χ2n) is 7.09. The average Bonchev–Trinajstić information content (AvgIpc) is 3.18. The Labute approximate surface area is 176 Å². The Bertz CT molecular complexity index is 999. The van der Waals surface area contributed by atoms with Crippen LogP contribution in [-0.2, 0) is 0 Å². The molecule has 0 saturated carbocycles. The van der Waals surface area contributed by atoms with E-state index < -0.39 is 0 Å². The van der Waals surface area contributed by atoms with Crippen molar-refractivity contribution in [2.75, 3.05) is 26.2 Å². The van der Waals surface area contributed by atoms with Gasteiger partial charge in [-0.3, -0.25) is 9.59 Å². The van der Waals surface area contributed by atoms with Crippen LogP contribution >= 0.6 is 12.6 Å². The van der Waals surface area contributed by atoms with Crippen molar-refractivity contribution in [1.29, 1.82) is 0 Å². The molecule has 2 heterocycles. The Morgan fingerprint density at radius 1 is 0.724 bits per heavy atom. The second kappa shape index (κ2) is 8.57. The molecule has 0 atom stereocenters. The van der Waals surface area contributed by atoms with Gasteiger partial charge in [0, 0.05) is 54.7 Å². The third-order valence-electron chi connectivity index (χ3n) is 5.22. The minimum atomic E-state index is -0.0269. The van der Waals surface area contributed by atoms with Gasteiger partial charge in [0.2, 0.25) is 0 Å². The summed E-state index contributed by atoms with van der Waals surface area (Å²) in [6, 6.07) is 18.9. The number of benzene rings is 2. The predicted molar refractivity (Wildman–Crippen MR) is 116 cm³/mol. The molecule has 1 fully saturated rings. The van der Waals surface area contributed by atoms with Crippen LogP contribution in [0.2, 0.25) is 0 Å². The van der Waals surface area contributed by atoms with Crippen molar-refractivity contribution < 1.29 is 9.59 Å². The molecule has 5 nitrogen and oxygen atoms in total. The van der Waals surface area contributed by atoms with Crippen molar-refractivity contribution >= 4 is 24.4 Å². The molecule has 0 N–H and O–H groups in total. The van der Waals surface area contributed by atoms with E-state index in [-0.39, 0.29) is 11.8 Å². The van der Waals surface area contributed by atoms with Gasteiger partial charge in [-0.2, -0.15) is 0 Å². The largest absolute Gasteiger partial charge is 0.337 e. The number of rotatable bonds is 3. The van der Waals surface area contributed by atoms with Gasteiger partial charge in [-0.25, -0.2) is 0 Å². The number of carbonyl (C=O) groups excluding carboxylic acids is 2. The van der Waals surface area contributed by atoms with E-state index in [4.69, 9.17) is 0 Å². The van der Waals surface area contributed by atoms with Crippen LogP contribution in [0.15, 0.2) is 78.0 Å². The summed E-state index contributed by atoms with van der Waals surface area (Å²) in [5.41, 5.74) is 2.29. The van der Waals surface area contributed by atoms with Crippen LogP contribution in [0.3, 0.4) is 0 Å². The van der Waals surface area contributed by atoms with E-state index in [2.05, 4.69) is 12.6 Å². The number of hydrogen-bond acceptors (Lipinski definition) is 3. The molecule has 1 aliphatic rings. The van der Waals surface area contributed by atoms with Crippen molar-refractivity contribution in [3.63, 3.8) is 0 Å². The number of thiol groups is 1. The Morgan fingerprint density at radius 2 is 1.34 bits per heavy atom. The molecule has 29 heavy (non-hydrogen) atoms. The molecular weight excluding hydrogens is 382 g/mol. The number of nitrogens with zero attached hydrogens (tertiary/aromatic N) is 3. The Balaban J connectivity index is 1.42. The molecule has 0 radical (unpaired) electrons. The molecule has 0 unspecified atom stereocenters. The van der Waals surface area contributed by atoms with E-state index in [9.17, 15) is 9.59 Å². The van der Waals surface area contributed by atoms with Gasteiger partial charge < -0.3 is 14.4 Å². The van der Waals surface area contributed by atoms with Crippen molar-refractivity contribution in [2.45, 2.75) is 11.3 Å².